The Morgan fingerprint density at radius 3 is 0.896 bits per heavy atom. The van der Waals surface area contributed by atoms with Crippen LogP contribution < -0.4 is 4.89 Å². The van der Waals surface area contributed by atoms with Crippen molar-refractivity contribution in [1.82, 2.24) is 0 Å². The number of allylic oxidation sites excluding steroid dienone is 16. The predicted octanol–water partition coefficient (Wildman–Crippen LogP) is 26.8. The Morgan fingerprint density at radius 1 is 0.333 bits per heavy atom. The summed E-state index contributed by atoms with van der Waals surface area (Å²) in [4.78, 5) is 38.2. The molecule has 0 rings (SSSR count). The fourth-order valence-electron chi connectivity index (χ4n) is 11.9. The number of nitrogens with zero attached hydrogens (tertiary/aromatic N) is 1. The highest BCUT2D eigenvalue weighted by Crippen LogP contribution is 2.38. The summed E-state index contributed by atoms with van der Waals surface area (Å²) in [6, 6.07) is 0. The number of ether oxygens (including phenoxy) is 2. The van der Waals surface area contributed by atoms with Gasteiger partial charge in [0.2, 0.25) is 0 Å². The van der Waals surface area contributed by atoms with Crippen molar-refractivity contribution in [2.75, 3.05) is 47.5 Å². The smallest absolute Gasteiger partial charge is 0.306 e. The summed E-state index contributed by atoms with van der Waals surface area (Å²) in [7, 11) is 1.17. The lowest BCUT2D eigenvalue weighted by molar-refractivity contribution is -0.870. The first-order chi connectivity index (χ1) is 47.0. The minimum atomic E-state index is -4.65. The Morgan fingerprint density at radius 2 is 0.594 bits per heavy atom. The van der Waals surface area contributed by atoms with E-state index in [4.69, 9.17) is 18.5 Å². The first-order valence-electron chi connectivity index (χ1n) is 40.9. The molecule has 0 heterocycles. The van der Waals surface area contributed by atoms with Crippen LogP contribution in [0.5, 0.6) is 0 Å². The van der Waals surface area contributed by atoms with Crippen LogP contribution in [0.1, 0.15) is 386 Å². The van der Waals surface area contributed by atoms with E-state index < -0.39 is 26.5 Å². The normalized spacial score (nSPS) is 13.5. The van der Waals surface area contributed by atoms with Gasteiger partial charge >= 0.3 is 11.9 Å². The van der Waals surface area contributed by atoms with Gasteiger partial charge in [0.05, 0.1) is 27.7 Å². The van der Waals surface area contributed by atoms with E-state index in [2.05, 4.69) is 111 Å². The lowest BCUT2D eigenvalue weighted by Crippen LogP contribution is -2.37. The van der Waals surface area contributed by atoms with Gasteiger partial charge in [0.15, 0.2) is 6.10 Å². The average Bonchev–Trinajstić information content (AvgIpc) is 1.97. The number of carbonyl (C=O) groups excluding carboxylic acids is 2. The van der Waals surface area contributed by atoms with Gasteiger partial charge < -0.3 is 27.9 Å². The van der Waals surface area contributed by atoms with E-state index in [1.165, 1.54) is 263 Å². The van der Waals surface area contributed by atoms with Crippen molar-refractivity contribution in [1.29, 1.82) is 0 Å². The summed E-state index contributed by atoms with van der Waals surface area (Å²) in [5.41, 5.74) is 0. The molecule has 0 aliphatic rings. The van der Waals surface area contributed by atoms with Crippen molar-refractivity contribution < 1.29 is 42.1 Å². The summed E-state index contributed by atoms with van der Waals surface area (Å²) in [6.07, 6.45) is 107. The van der Waals surface area contributed by atoms with Gasteiger partial charge in [-0.2, -0.15) is 0 Å². The number of quaternary nitrogens is 1. The lowest BCUT2D eigenvalue weighted by atomic mass is 10.0. The van der Waals surface area contributed by atoms with E-state index in [-0.39, 0.29) is 32.0 Å². The summed E-state index contributed by atoms with van der Waals surface area (Å²) < 4.78 is 34.4. The highest BCUT2D eigenvalue weighted by atomic mass is 31.2. The van der Waals surface area contributed by atoms with Crippen LogP contribution in [0.2, 0.25) is 0 Å². The van der Waals surface area contributed by atoms with Gasteiger partial charge in [0.1, 0.15) is 19.8 Å². The quantitative estimate of drug-likeness (QED) is 0.0195. The number of likely N-dealkylation sites (N-methyl/N-ethyl adjacent to an activating group) is 1. The number of carbonyl (C=O) groups is 2. The molecule has 9 nitrogen and oxygen atoms in total. The molecule has 0 spiro atoms. The molecule has 0 aliphatic heterocycles. The Hall–Kier alpha value is -3.07. The first-order valence-corrected chi connectivity index (χ1v) is 42.4. The van der Waals surface area contributed by atoms with Crippen molar-refractivity contribution in [2.24, 2.45) is 0 Å². The monoisotopic (exact) mass is 1360 g/mol. The molecule has 2 unspecified atom stereocenters. The Balaban J connectivity index is 3.93. The topological polar surface area (TPSA) is 111 Å². The minimum absolute atomic E-state index is 0.0343. The first kappa shape index (κ1) is 92.9. The van der Waals surface area contributed by atoms with Gasteiger partial charge in [-0.1, -0.05) is 374 Å². The van der Waals surface area contributed by atoms with E-state index in [9.17, 15) is 19.0 Å². The molecule has 0 aliphatic carbocycles. The number of esters is 2. The molecule has 0 aromatic carbocycles. The van der Waals surface area contributed by atoms with Crippen LogP contribution in [-0.4, -0.2) is 70.0 Å². The van der Waals surface area contributed by atoms with Crippen molar-refractivity contribution >= 4 is 19.8 Å². The standard InChI is InChI=1S/C86H156NO8P/c1-6-8-10-12-14-16-18-20-22-24-26-28-30-32-34-36-38-39-40-41-42-43-44-45-46-47-49-50-52-54-56-58-60-62-64-66-68-70-72-74-76-78-85(88)92-82-84(83-94-96(90,91)93-81-80-87(3,4)5)95-86(89)79-77-75-73-71-69-67-65-63-61-59-57-55-53-51-48-37-35-33-31-29-27-25-23-21-19-17-15-13-11-9-7-2/h9,11,15,17,21,23-24,26-27,29,33,35,48,51,55,57,84H,6-8,10,12-14,16,18-20,22,25,28,30-32,34,36-47,49-50,52-54,56,58-83H2,1-5H3/b11-9-,17-15-,23-21-,26-24-,29-27-,35-33-,51-48-,57-55-. The van der Waals surface area contributed by atoms with E-state index in [1.807, 2.05) is 21.1 Å². The molecule has 10 heteroatoms. The maximum absolute atomic E-state index is 12.9. The molecule has 0 fully saturated rings. The highest BCUT2D eigenvalue weighted by Gasteiger charge is 2.22. The van der Waals surface area contributed by atoms with E-state index >= 15 is 0 Å². The third kappa shape index (κ3) is 79.9. The second-order valence-electron chi connectivity index (χ2n) is 28.8. The molecule has 0 saturated heterocycles. The zero-order valence-electron chi connectivity index (χ0n) is 63.8. The van der Waals surface area contributed by atoms with Crippen LogP contribution in [0, 0.1) is 0 Å². The summed E-state index contributed by atoms with van der Waals surface area (Å²) >= 11 is 0. The third-order valence-corrected chi connectivity index (χ3v) is 19.1. The Labute approximate surface area is 595 Å². The molecule has 0 amide bonds. The summed E-state index contributed by atoms with van der Waals surface area (Å²) in [6.45, 7) is 4.16. The van der Waals surface area contributed by atoms with Crippen molar-refractivity contribution in [2.45, 2.75) is 392 Å². The molecule has 558 valence electrons. The minimum Gasteiger partial charge on any atom is -0.756 e. The number of hydrogen-bond donors (Lipinski definition) is 0. The largest absolute Gasteiger partial charge is 0.756 e. The molecule has 0 saturated carbocycles. The van der Waals surface area contributed by atoms with Gasteiger partial charge in [-0.05, 0) is 96.3 Å². The van der Waals surface area contributed by atoms with Gasteiger partial charge in [-0.25, -0.2) is 0 Å². The maximum atomic E-state index is 12.9. The van der Waals surface area contributed by atoms with E-state index in [0.717, 1.165) is 89.9 Å². The van der Waals surface area contributed by atoms with Gasteiger partial charge in [0, 0.05) is 12.8 Å². The molecule has 0 bridgehead atoms. The Kier molecular flexibility index (Phi) is 73.7. The second kappa shape index (κ2) is 76.1. The average molecular weight is 1360 g/mol. The molecule has 0 aromatic rings. The predicted molar refractivity (Wildman–Crippen MR) is 416 cm³/mol. The maximum Gasteiger partial charge on any atom is 0.306 e. The molecular weight excluding hydrogens is 1210 g/mol. The van der Waals surface area contributed by atoms with Crippen LogP contribution in [0.25, 0.3) is 0 Å². The van der Waals surface area contributed by atoms with E-state index in [0.29, 0.717) is 17.4 Å². The van der Waals surface area contributed by atoms with E-state index in [1.54, 1.807) is 0 Å². The molecule has 0 aromatic heterocycles. The molecule has 96 heavy (non-hydrogen) atoms. The van der Waals surface area contributed by atoms with Crippen LogP contribution in [0.15, 0.2) is 97.2 Å². The van der Waals surface area contributed by atoms with Gasteiger partial charge in [-0.3, -0.25) is 14.2 Å². The lowest BCUT2D eigenvalue weighted by Gasteiger charge is -2.28. The summed E-state index contributed by atoms with van der Waals surface area (Å²) in [5.74, 6) is -0.829. The zero-order chi connectivity index (χ0) is 69.7. The SMILES string of the molecule is CC/C=C\C/C=C\C/C=C\C/C=C\C/C=C\C/C=C\C/C=C\CCCCCCCCCCCC(=O)OC(COC(=O)CCCCCCCCCCCCCCCCCCCCCCCCCCCCCCC/C=C\CCCCCCCCCC)COP(=O)([O-])OCC[N+](C)(C)C. The zero-order valence-corrected chi connectivity index (χ0v) is 64.7. The summed E-state index contributed by atoms with van der Waals surface area (Å²) in [5, 5.41) is 0. The van der Waals surface area contributed by atoms with Crippen LogP contribution in [0.3, 0.4) is 0 Å². The number of unbranched alkanes of at least 4 members (excludes halogenated alkanes) is 46. The molecule has 0 radical (unpaired) electrons. The third-order valence-electron chi connectivity index (χ3n) is 18.1. The molecule has 2 atom stereocenters. The molecular formula is C86H156NO8P. The molecule has 0 N–H and O–H groups in total. The van der Waals surface area contributed by atoms with Gasteiger partial charge in [0.25, 0.3) is 7.82 Å². The van der Waals surface area contributed by atoms with Crippen molar-refractivity contribution in [3.8, 4) is 0 Å². The van der Waals surface area contributed by atoms with Crippen molar-refractivity contribution in [3.63, 3.8) is 0 Å². The Bertz CT molecular complexity index is 1940. The fourth-order valence-corrected chi connectivity index (χ4v) is 12.6. The number of rotatable bonds is 76. The second-order valence-corrected chi connectivity index (χ2v) is 30.2. The van der Waals surface area contributed by atoms with Crippen LogP contribution in [-0.2, 0) is 32.7 Å². The highest BCUT2D eigenvalue weighted by molar-refractivity contribution is 7.45. The van der Waals surface area contributed by atoms with Crippen LogP contribution >= 0.6 is 7.82 Å². The van der Waals surface area contributed by atoms with Crippen LogP contribution in [0.4, 0.5) is 0 Å². The number of hydrogen-bond acceptors (Lipinski definition) is 8. The van der Waals surface area contributed by atoms with Gasteiger partial charge in [-0.15, -0.1) is 0 Å². The van der Waals surface area contributed by atoms with Crippen molar-refractivity contribution in [3.05, 3.63) is 97.2 Å². The number of phosphoric acid groups is 1. The number of phosphoric ester groups is 1. The fraction of sp³-hybridized carbons (Fsp3) is 0.791.